The largest absolute Gasteiger partial charge is 0.312 e. The molecule has 1 aromatic carbocycles. The zero-order chi connectivity index (χ0) is 14.8. The number of benzene rings is 1. The summed E-state index contributed by atoms with van der Waals surface area (Å²) in [4.78, 5) is 2.53. The van der Waals surface area contributed by atoms with Crippen LogP contribution >= 0.6 is 0 Å². The van der Waals surface area contributed by atoms with E-state index in [0.29, 0.717) is 6.04 Å². The highest BCUT2D eigenvalue weighted by Crippen LogP contribution is 2.26. The van der Waals surface area contributed by atoms with Crippen LogP contribution in [0.25, 0.3) is 11.3 Å². The van der Waals surface area contributed by atoms with E-state index >= 15 is 0 Å². The maximum absolute atomic E-state index is 4.32. The molecular formula is C17H24N4. The number of nitrogens with one attached hydrogen (secondary N) is 1. The molecule has 1 aliphatic heterocycles. The van der Waals surface area contributed by atoms with Crippen LogP contribution in [-0.4, -0.2) is 40.4 Å². The molecule has 4 nitrogen and oxygen atoms in total. The third kappa shape index (κ3) is 3.17. The standard InChI is InChI=1S/C17H24N4/c1-13-4-5-15(12-21-9-8-18-14(2)11-21)16(10-13)17-6-7-19-20(17)3/h4-7,10,14,18H,8-9,11-12H2,1-3H3. The van der Waals surface area contributed by atoms with Gasteiger partial charge in [-0.1, -0.05) is 17.7 Å². The number of aryl methyl sites for hydroxylation is 2. The van der Waals surface area contributed by atoms with E-state index in [0.717, 1.165) is 26.2 Å². The summed E-state index contributed by atoms with van der Waals surface area (Å²) >= 11 is 0. The molecule has 1 unspecified atom stereocenters. The lowest BCUT2D eigenvalue weighted by Crippen LogP contribution is -2.48. The molecule has 1 aliphatic rings. The second-order valence-corrected chi connectivity index (χ2v) is 6.09. The van der Waals surface area contributed by atoms with E-state index in [-0.39, 0.29) is 0 Å². The Hall–Kier alpha value is -1.65. The second-order valence-electron chi connectivity index (χ2n) is 6.09. The van der Waals surface area contributed by atoms with Crippen molar-refractivity contribution in [2.45, 2.75) is 26.4 Å². The zero-order valence-corrected chi connectivity index (χ0v) is 13.1. The van der Waals surface area contributed by atoms with Crippen LogP contribution in [0.5, 0.6) is 0 Å². The minimum atomic E-state index is 0.573. The Balaban J connectivity index is 1.90. The molecule has 0 amide bonds. The van der Waals surface area contributed by atoms with Crippen molar-refractivity contribution < 1.29 is 0 Å². The van der Waals surface area contributed by atoms with Gasteiger partial charge in [-0.15, -0.1) is 0 Å². The van der Waals surface area contributed by atoms with Gasteiger partial charge in [0.2, 0.25) is 0 Å². The van der Waals surface area contributed by atoms with Crippen LogP contribution in [0.1, 0.15) is 18.1 Å². The van der Waals surface area contributed by atoms with Gasteiger partial charge in [0, 0.05) is 51.0 Å². The minimum Gasteiger partial charge on any atom is -0.312 e. The summed E-state index contributed by atoms with van der Waals surface area (Å²) in [5, 5.41) is 7.82. The fraction of sp³-hybridized carbons (Fsp3) is 0.471. The molecule has 2 aromatic rings. The topological polar surface area (TPSA) is 33.1 Å². The highest BCUT2D eigenvalue weighted by atomic mass is 15.3. The van der Waals surface area contributed by atoms with Crippen molar-refractivity contribution >= 4 is 0 Å². The van der Waals surface area contributed by atoms with Crippen molar-refractivity contribution in [2.24, 2.45) is 7.05 Å². The first kappa shape index (κ1) is 14.3. The van der Waals surface area contributed by atoms with Crippen molar-refractivity contribution in [3.63, 3.8) is 0 Å². The molecule has 3 rings (SSSR count). The smallest absolute Gasteiger partial charge is 0.0682 e. The molecule has 0 saturated carbocycles. The number of hydrogen-bond donors (Lipinski definition) is 1. The summed E-state index contributed by atoms with van der Waals surface area (Å²) in [5.74, 6) is 0. The van der Waals surface area contributed by atoms with E-state index in [9.17, 15) is 0 Å². The van der Waals surface area contributed by atoms with Gasteiger partial charge < -0.3 is 5.32 Å². The first-order valence-corrected chi connectivity index (χ1v) is 7.67. The first-order valence-electron chi connectivity index (χ1n) is 7.67. The maximum Gasteiger partial charge on any atom is 0.0682 e. The number of rotatable bonds is 3. The summed E-state index contributed by atoms with van der Waals surface area (Å²) in [6.07, 6.45) is 1.87. The van der Waals surface area contributed by atoms with E-state index < -0.39 is 0 Å². The fourth-order valence-corrected chi connectivity index (χ4v) is 3.10. The van der Waals surface area contributed by atoms with Crippen molar-refractivity contribution in [2.75, 3.05) is 19.6 Å². The first-order chi connectivity index (χ1) is 10.1. The number of hydrogen-bond acceptors (Lipinski definition) is 3. The maximum atomic E-state index is 4.32. The van der Waals surface area contributed by atoms with E-state index in [1.165, 1.54) is 22.4 Å². The third-order valence-electron chi connectivity index (χ3n) is 4.21. The van der Waals surface area contributed by atoms with Crippen molar-refractivity contribution in [1.29, 1.82) is 0 Å². The molecule has 0 aliphatic carbocycles. The van der Waals surface area contributed by atoms with Crippen LogP contribution in [-0.2, 0) is 13.6 Å². The summed E-state index contributed by atoms with van der Waals surface area (Å²) in [6, 6.07) is 9.42. The lowest BCUT2D eigenvalue weighted by Gasteiger charge is -2.32. The van der Waals surface area contributed by atoms with Crippen molar-refractivity contribution in [1.82, 2.24) is 20.0 Å². The SMILES string of the molecule is Cc1ccc(CN2CCNC(C)C2)c(-c2ccnn2C)c1. The molecular weight excluding hydrogens is 260 g/mol. The van der Waals surface area contributed by atoms with E-state index in [4.69, 9.17) is 0 Å². The molecule has 0 spiro atoms. The molecule has 0 bridgehead atoms. The Labute approximate surface area is 126 Å². The van der Waals surface area contributed by atoms with Gasteiger partial charge in [0.15, 0.2) is 0 Å². The lowest BCUT2D eigenvalue weighted by atomic mass is 10.0. The molecule has 1 N–H and O–H groups in total. The number of aromatic nitrogens is 2. The van der Waals surface area contributed by atoms with Crippen molar-refractivity contribution in [3.05, 3.63) is 41.6 Å². The quantitative estimate of drug-likeness (QED) is 0.938. The monoisotopic (exact) mass is 284 g/mol. The van der Waals surface area contributed by atoms with Gasteiger partial charge in [-0.3, -0.25) is 9.58 Å². The fourth-order valence-electron chi connectivity index (χ4n) is 3.10. The summed E-state index contributed by atoms with van der Waals surface area (Å²) < 4.78 is 1.96. The highest BCUT2D eigenvalue weighted by molar-refractivity contribution is 5.64. The molecule has 1 fully saturated rings. The Bertz CT molecular complexity index is 617. The van der Waals surface area contributed by atoms with E-state index in [1.54, 1.807) is 0 Å². The summed E-state index contributed by atoms with van der Waals surface area (Å²) in [6.45, 7) is 8.71. The van der Waals surface area contributed by atoms with Crippen LogP contribution < -0.4 is 5.32 Å². The zero-order valence-electron chi connectivity index (χ0n) is 13.1. The van der Waals surface area contributed by atoms with Crippen LogP contribution in [0, 0.1) is 6.92 Å². The predicted octanol–water partition coefficient (Wildman–Crippen LogP) is 2.19. The van der Waals surface area contributed by atoms with Crippen molar-refractivity contribution in [3.8, 4) is 11.3 Å². The highest BCUT2D eigenvalue weighted by Gasteiger charge is 2.17. The second kappa shape index (κ2) is 6.00. The Kier molecular flexibility index (Phi) is 4.08. The Morgan fingerprint density at radius 2 is 2.19 bits per heavy atom. The molecule has 112 valence electrons. The van der Waals surface area contributed by atoms with Crippen LogP contribution in [0.15, 0.2) is 30.5 Å². The third-order valence-corrected chi connectivity index (χ3v) is 4.21. The average molecular weight is 284 g/mol. The normalized spacial score (nSPS) is 19.9. The lowest BCUT2D eigenvalue weighted by molar-refractivity contribution is 0.200. The number of nitrogens with zero attached hydrogens (tertiary/aromatic N) is 3. The van der Waals surface area contributed by atoms with Crippen LogP contribution in [0.2, 0.25) is 0 Å². The molecule has 1 saturated heterocycles. The van der Waals surface area contributed by atoms with Crippen LogP contribution in [0.3, 0.4) is 0 Å². The van der Waals surface area contributed by atoms with Gasteiger partial charge >= 0.3 is 0 Å². The summed E-state index contributed by atoms with van der Waals surface area (Å²) in [5.41, 5.74) is 5.18. The molecule has 1 atom stereocenters. The van der Waals surface area contributed by atoms with Gasteiger partial charge in [0.25, 0.3) is 0 Å². The molecule has 2 heterocycles. The van der Waals surface area contributed by atoms with Crippen LogP contribution in [0.4, 0.5) is 0 Å². The van der Waals surface area contributed by atoms with Gasteiger partial charge in [-0.05, 0) is 31.5 Å². The average Bonchev–Trinajstić information content (AvgIpc) is 2.87. The van der Waals surface area contributed by atoms with Gasteiger partial charge in [-0.25, -0.2) is 0 Å². The van der Waals surface area contributed by atoms with E-state index in [2.05, 4.69) is 53.4 Å². The molecule has 4 heteroatoms. The molecule has 1 aromatic heterocycles. The Morgan fingerprint density at radius 1 is 1.33 bits per heavy atom. The summed E-state index contributed by atoms with van der Waals surface area (Å²) in [7, 11) is 2.01. The van der Waals surface area contributed by atoms with Gasteiger partial charge in [0.05, 0.1) is 5.69 Å². The predicted molar refractivity (Wildman–Crippen MR) is 86.1 cm³/mol. The van der Waals surface area contributed by atoms with Gasteiger partial charge in [-0.2, -0.15) is 5.10 Å². The van der Waals surface area contributed by atoms with Gasteiger partial charge in [0.1, 0.15) is 0 Å². The van der Waals surface area contributed by atoms with E-state index in [1.807, 2.05) is 17.9 Å². The molecule has 21 heavy (non-hydrogen) atoms. The number of piperazine rings is 1. The Morgan fingerprint density at radius 3 is 2.90 bits per heavy atom. The minimum absolute atomic E-state index is 0.573. The molecule has 0 radical (unpaired) electrons.